The minimum absolute atomic E-state index is 0.0733. The summed E-state index contributed by atoms with van der Waals surface area (Å²) in [7, 11) is 1.63. The van der Waals surface area contributed by atoms with E-state index >= 15 is 0 Å². The summed E-state index contributed by atoms with van der Waals surface area (Å²) in [6.45, 7) is 3.18. The van der Waals surface area contributed by atoms with E-state index in [0.29, 0.717) is 18.3 Å². The van der Waals surface area contributed by atoms with Crippen LogP contribution in [0.2, 0.25) is 0 Å². The van der Waals surface area contributed by atoms with E-state index in [4.69, 9.17) is 21.7 Å². The molecule has 0 saturated carbocycles. The molecule has 0 amide bonds. The van der Waals surface area contributed by atoms with Gasteiger partial charge in [0.05, 0.1) is 13.7 Å². The smallest absolute Gasteiger partial charge is 0.325 e. The van der Waals surface area contributed by atoms with Gasteiger partial charge in [0, 0.05) is 12.1 Å². The quantitative estimate of drug-likeness (QED) is 0.413. The first kappa shape index (κ1) is 18.2. The molecule has 0 aliphatic rings. The van der Waals surface area contributed by atoms with E-state index in [9.17, 15) is 4.79 Å². The lowest BCUT2D eigenvalue weighted by Gasteiger charge is -2.12. The van der Waals surface area contributed by atoms with Crippen LogP contribution in [-0.2, 0) is 16.1 Å². The van der Waals surface area contributed by atoms with Crippen LogP contribution in [0.4, 0.5) is 0 Å². The molecule has 0 aliphatic heterocycles. The molecule has 22 heavy (non-hydrogen) atoms. The molecule has 1 aromatic carbocycles. The van der Waals surface area contributed by atoms with Gasteiger partial charge < -0.3 is 20.1 Å². The van der Waals surface area contributed by atoms with Gasteiger partial charge in [-0.3, -0.25) is 4.79 Å². The molecule has 0 spiro atoms. The van der Waals surface area contributed by atoms with Gasteiger partial charge in [-0.25, -0.2) is 0 Å². The summed E-state index contributed by atoms with van der Waals surface area (Å²) in [4.78, 5) is 11.5. The van der Waals surface area contributed by atoms with Crippen LogP contribution < -0.4 is 15.4 Å². The summed E-state index contributed by atoms with van der Waals surface area (Å²) in [6, 6.07) is 7.69. The number of para-hydroxylation sites is 1. The maximum absolute atomic E-state index is 11.5. The maximum atomic E-state index is 11.5. The van der Waals surface area contributed by atoms with Gasteiger partial charge in [-0.15, -0.1) is 0 Å². The molecule has 0 fully saturated rings. The molecule has 0 radical (unpaired) electrons. The van der Waals surface area contributed by atoms with E-state index in [2.05, 4.69) is 17.6 Å². The van der Waals surface area contributed by atoms with E-state index in [-0.39, 0.29) is 12.5 Å². The number of nitrogens with one attached hydrogen (secondary N) is 2. The van der Waals surface area contributed by atoms with E-state index in [1.54, 1.807) is 7.11 Å². The van der Waals surface area contributed by atoms with Crippen LogP contribution in [0.15, 0.2) is 24.3 Å². The van der Waals surface area contributed by atoms with Crippen molar-refractivity contribution in [2.24, 2.45) is 0 Å². The number of ether oxygens (including phenoxy) is 2. The van der Waals surface area contributed by atoms with E-state index in [1.807, 2.05) is 24.3 Å². The predicted molar refractivity (Wildman–Crippen MR) is 90.9 cm³/mol. The van der Waals surface area contributed by atoms with Crippen LogP contribution in [0, 0.1) is 0 Å². The van der Waals surface area contributed by atoms with Crippen LogP contribution in [0.3, 0.4) is 0 Å². The maximum Gasteiger partial charge on any atom is 0.325 e. The molecule has 0 bridgehead atoms. The average molecular weight is 324 g/mol. The Morgan fingerprint density at radius 1 is 1.23 bits per heavy atom. The first-order valence-corrected chi connectivity index (χ1v) is 7.87. The number of rotatable bonds is 9. The van der Waals surface area contributed by atoms with Gasteiger partial charge in [-0.1, -0.05) is 38.0 Å². The molecule has 5 nitrogen and oxygen atoms in total. The number of carbonyl (C=O) groups is 1. The molecule has 0 heterocycles. The molecule has 122 valence electrons. The number of benzene rings is 1. The van der Waals surface area contributed by atoms with Crippen LogP contribution in [0.5, 0.6) is 5.75 Å². The summed E-state index contributed by atoms with van der Waals surface area (Å²) >= 11 is 5.13. The number of hydrogen-bond acceptors (Lipinski definition) is 4. The minimum Gasteiger partial charge on any atom is -0.496 e. The van der Waals surface area contributed by atoms with Crippen LogP contribution >= 0.6 is 12.2 Å². The first-order valence-electron chi connectivity index (χ1n) is 7.46. The van der Waals surface area contributed by atoms with Crippen molar-refractivity contribution >= 4 is 23.3 Å². The zero-order chi connectivity index (χ0) is 16.2. The molecule has 1 aromatic rings. The van der Waals surface area contributed by atoms with Crippen molar-refractivity contribution in [2.45, 2.75) is 32.7 Å². The fourth-order valence-corrected chi connectivity index (χ4v) is 1.97. The highest BCUT2D eigenvalue weighted by Gasteiger charge is 2.05. The second-order valence-electron chi connectivity index (χ2n) is 4.78. The number of thiocarbonyl (C=S) groups is 1. The van der Waals surface area contributed by atoms with Gasteiger partial charge in [0.25, 0.3) is 0 Å². The van der Waals surface area contributed by atoms with Crippen LogP contribution in [-0.4, -0.2) is 31.3 Å². The number of hydrogen-bond donors (Lipinski definition) is 2. The summed E-state index contributed by atoms with van der Waals surface area (Å²) in [5, 5.41) is 6.29. The lowest BCUT2D eigenvalue weighted by molar-refractivity contribution is -0.142. The Balaban J connectivity index is 2.22. The molecule has 0 saturated heterocycles. The number of esters is 1. The molecular weight excluding hydrogens is 300 g/mol. The molecule has 0 atom stereocenters. The highest BCUT2D eigenvalue weighted by atomic mass is 32.1. The minimum atomic E-state index is -0.294. The second-order valence-corrected chi connectivity index (χ2v) is 5.18. The highest BCUT2D eigenvalue weighted by molar-refractivity contribution is 7.80. The standard InChI is InChI=1S/C16H24N2O3S/c1-3-4-7-10-21-15(19)12-18-16(22)17-11-13-8-5-6-9-14(13)20-2/h5-6,8-9H,3-4,7,10-12H2,1-2H3,(H2,17,18,22). The van der Waals surface area contributed by atoms with Gasteiger partial charge in [0.1, 0.15) is 12.3 Å². The monoisotopic (exact) mass is 324 g/mol. The van der Waals surface area contributed by atoms with Crippen molar-refractivity contribution in [1.29, 1.82) is 0 Å². The number of carbonyl (C=O) groups excluding carboxylic acids is 1. The summed E-state index contributed by atoms with van der Waals surface area (Å²) in [6.07, 6.45) is 3.07. The van der Waals surface area contributed by atoms with E-state index in [0.717, 1.165) is 30.6 Å². The van der Waals surface area contributed by atoms with Gasteiger partial charge in [-0.2, -0.15) is 0 Å². The topological polar surface area (TPSA) is 59.6 Å². The first-order chi connectivity index (χ1) is 10.7. The number of methoxy groups -OCH3 is 1. The predicted octanol–water partition coefficient (Wildman–Crippen LogP) is 2.39. The third-order valence-electron chi connectivity index (χ3n) is 3.04. The zero-order valence-corrected chi connectivity index (χ0v) is 14.0. The zero-order valence-electron chi connectivity index (χ0n) is 13.2. The average Bonchev–Trinajstić information content (AvgIpc) is 2.55. The molecule has 0 unspecified atom stereocenters. The van der Waals surface area contributed by atoms with Crippen molar-refractivity contribution in [3.63, 3.8) is 0 Å². The Hall–Kier alpha value is -1.82. The Morgan fingerprint density at radius 2 is 2.00 bits per heavy atom. The third kappa shape index (κ3) is 7.26. The Labute approximate surface area is 137 Å². The molecule has 0 aliphatic carbocycles. The second kappa shape index (κ2) is 10.8. The van der Waals surface area contributed by atoms with Crippen LogP contribution in [0.1, 0.15) is 31.7 Å². The summed E-state index contributed by atoms with van der Waals surface area (Å²) < 4.78 is 10.3. The molecular formula is C16H24N2O3S. The Kier molecular flexibility index (Phi) is 8.98. The molecule has 0 aromatic heterocycles. The van der Waals surface area contributed by atoms with Crippen molar-refractivity contribution in [1.82, 2.24) is 10.6 Å². The van der Waals surface area contributed by atoms with Gasteiger partial charge in [0.15, 0.2) is 5.11 Å². The number of unbranched alkanes of at least 4 members (excludes halogenated alkanes) is 2. The Bertz CT molecular complexity index is 480. The Morgan fingerprint density at radius 3 is 2.73 bits per heavy atom. The van der Waals surface area contributed by atoms with Gasteiger partial charge >= 0.3 is 5.97 Å². The van der Waals surface area contributed by atoms with Gasteiger partial charge in [0.2, 0.25) is 0 Å². The fraction of sp³-hybridized carbons (Fsp3) is 0.500. The largest absolute Gasteiger partial charge is 0.496 e. The van der Waals surface area contributed by atoms with Gasteiger partial charge in [-0.05, 0) is 24.7 Å². The summed E-state index contributed by atoms with van der Waals surface area (Å²) in [5.74, 6) is 0.505. The SMILES string of the molecule is CCCCCOC(=O)CNC(=S)NCc1ccccc1OC. The molecule has 1 rings (SSSR count). The molecule has 6 heteroatoms. The van der Waals surface area contributed by atoms with E-state index in [1.165, 1.54) is 0 Å². The lowest BCUT2D eigenvalue weighted by Crippen LogP contribution is -2.38. The van der Waals surface area contributed by atoms with Crippen LogP contribution in [0.25, 0.3) is 0 Å². The summed E-state index contributed by atoms with van der Waals surface area (Å²) in [5.41, 5.74) is 0.997. The van der Waals surface area contributed by atoms with Crippen molar-refractivity contribution < 1.29 is 14.3 Å². The van der Waals surface area contributed by atoms with E-state index < -0.39 is 0 Å². The van der Waals surface area contributed by atoms with Crippen molar-refractivity contribution in [3.05, 3.63) is 29.8 Å². The third-order valence-corrected chi connectivity index (χ3v) is 3.32. The normalized spacial score (nSPS) is 9.91. The van der Waals surface area contributed by atoms with Crippen molar-refractivity contribution in [2.75, 3.05) is 20.3 Å². The van der Waals surface area contributed by atoms with Crippen molar-refractivity contribution in [3.8, 4) is 5.75 Å². The fourth-order valence-electron chi connectivity index (χ4n) is 1.83. The molecule has 2 N–H and O–H groups in total. The highest BCUT2D eigenvalue weighted by Crippen LogP contribution is 2.16. The lowest BCUT2D eigenvalue weighted by atomic mass is 10.2.